The number of nitrogen functional groups attached to an aromatic ring is 1. The van der Waals surface area contributed by atoms with Gasteiger partial charge in [-0.3, -0.25) is 0 Å². The maximum Gasteiger partial charge on any atom is 0.416 e. The van der Waals surface area contributed by atoms with Gasteiger partial charge in [0.15, 0.2) is 5.03 Å². The fourth-order valence-corrected chi connectivity index (χ4v) is 2.73. The smallest absolute Gasteiger partial charge is 0.397 e. The molecule has 0 bridgehead atoms. The Morgan fingerprint density at radius 3 is 2.35 bits per heavy atom. The Bertz CT molecular complexity index is 725. The zero-order valence-corrected chi connectivity index (χ0v) is 10.7. The zero-order valence-electron chi connectivity index (χ0n) is 9.92. The van der Waals surface area contributed by atoms with Gasteiger partial charge in [0.05, 0.1) is 22.3 Å². The molecule has 2 N–H and O–H groups in total. The number of sulfone groups is 1. The van der Waals surface area contributed by atoms with Gasteiger partial charge in [0, 0.05) is 0 Å². The van der Waals surface area contributed by atoms with Crippen molar-refractivity contribution in [3.05, 3.63) is 48.2 Å². The minimum absolute atomic E-state index is 0.257. The molecule has 0 aliphatic rings. The van der Waals surface area contributed by atoms with Crippen molar-refractivity contribution in [3.63, 3.8) is 0 Å². The molecule has 0 amide bonds. The highest BCUT2D eigenvalue weighted by Crippen LogP contribution is 2.31. The maximum absolute atomic E-state index is 12.6. The summed E-state index contributed by atoms with van der Waals surface area (Å²) < 4.78 is 62.1. The van der Waals surface area contributed by atoms with Crippen LogP contribution >= 0.6 is 0 Å². The Labute approximate surface area is 113 Å². The number of rotatable bonds is 2. The van der Waals surface area contributed by atoms with Crippen molar-refractivity contribution >= 4 is 15.5 Å². The normalized spacial score (nSPS) is 12.3. The lowest BCUT2D eigenvalue weighted by molar-refractivity contribution is -0.137. The Hall–Kier alpha value is -2.09. The molecule has 20 heavy (non-hydrogen) atoms. The molecule has 0 spiro atoms. The first kappa shape index (κ1) is 14.3. The number of alkyl halides is 3. The fraction of sp³-hybridized carbons (Fsp3) is 0.0833. The first-order valence-corrected chi connectivity index (χ1v) is 6.83. The van der Waals surface area contributed by atoms with E-state index in [2.05, 4.69) is 4.98 Å². The minimum atomic E-state index is -4.61. The van der Waals surface area contributed by atoms with Crippen LogP contribution in [-0.2, 0) is 16.0 Å². The van der Waals surface area contributed by atoms with Gasteiger partial charge in [-0.1, -0.05) is 6.07 Å². The van der Waals surface area contributed by atoms with Gasteiger partial charge < -0.3 is 5.73 Å². The molecule has 106 valence electrons. The van der Waals surface area contributed by atoms with Crippen LogP contribution in [0.2, 0.25) is 0 Å². The predicted molar refractivity (Wildman–Crippen MR) is 65.5 cm³/mol. The predicted octanol–water partition coefficient (Wildman–Crippen LogP) is 2.52. The Balaban J connectivity index is 2.53. The summed E-state index contributed by atoms with van der Waals surface area (Å²) >= 11 is 0. The highest BCUT2D eigenvalue weighted by molar-refractivity contribution is 7.91. The van der Waals surface area contributed by atoms with Crippen LogP contribution in [0.5, 0.6) is 0 Å². The quantitative estimate of drug-likeness (QED) is 0.925. The number of benzene rings is 1. The molecule has 0 saturated heterocycles. The summed E-state index contributed by atoms with van der Waals surface area (Å²) in [7, 11) is -4.11. The summed E-state index contributed by atoms with van der Waals surface area (Å²) in [6.07, 6.45) is -3.49. The van der Waals surface area contributed by atoms with Gasteiger partial charge in [0.1, 0.15) is 0 Å². The summed E-state index contributed by atoms with van der Waals surface area (Å²) in [5.74, 6) is 0. The molecule has 2 rings (SSSR count). The molecule has 4 nitrogen and oxygen atoms in total. The van der Waals surface area contributed by atoms with E-state index in [4.69, 9.17) is 5.73 Å². The van der Waals surface area contributed by atoms with E-state index < -0.39 is 26.5 Å². The van der Waals surface area contributed by atoms with Gasteiger partial charge in [0.25, 0.3) is 0 Å². The van der Waals surface area contributed by atoms with Gasteiger partial charge in [-0.25, -0.2) is 13.4 Å². The molecule has 1 aromatic heterocycles. The topological polar surface area (TPSA) is 73.1 Å². The fourth-order valence-electron chi connectivity index (χ4n) is 1.51. The van der Waals surface area contributed by atoms with Crippen molar-refractivity contribution in [2.45, 2.75) is 16.1 Å². The van der Waals surface area contributed by atoms with Crippen LogP contribution in [0.4, 0.5) is 18.9 Å². The van der Waals surface area contributed by atoms with E-state index in [9.17, 15) is 21.6 Å². The van der Waals surface area contributed by atoms with Gasteiger partial charge >= 0.3 is 6.18 Å². The van der Waals surface area contributed by atoms with E-state index in [1.54, 1.807) is 0 Å². The van der Waals surface area contributed by atoms with Crippen molar-refractivity contribution in [1.82, 2.24) is 4.98 Å². The van der Waals surface area contributed by atoms with Crippen LogP contribution < -0.4 is 5.73 Å². The summed E-state index contributed by atoms with van der Waals surface area (Å²) in [6.45, 7) is 0. The van der Waals surface area contributed by atoms with E-state index in [1.165, 1.54) is 6.07 Å². The molecule has 8 heteroatoms. The molecule has 0 saturated carbocycles. The van der Waals surface area contributed by atoms with E-state index in [-0.39, 0.29) is 10.7 Å². The van der Waals surface area contributed by atoms with Crippen molar-refractivity contribution in [2.24, 2.45) is 0 Å². The molecule has 1 aromatic carbocycles. The number of anilines is 1. The highest BCUT2D eigenvalue weighted by Gasteiger charge is 2.32. The minimum Gasteiger partial charge on any atom is -0.397 e. The Morgan fingerprint density at radius 2 is 1.80 bits per heavy atom. The first-order chi connectivity index (χ1) is 9.21. The number of nitrogens with two attached hydrogens (primary N) is 1. The average Bonchev–Trinajstić information content (AvgIpc) is 2.38. The second kappa shape index (κ2) is 4.78. The summed E-state index contributed by atoms with van der Waals surface area (Å²) in [4.78, 5) is 3.16. The molecule has 1 heterocycles. The largest absolute Gasteiger partial charge is 0.416 e. The van der Waals surface area contributed by atoms with Crippen LogP contribution in [0, 0.1) is 0 Å². The SMILES string of the molecule is Nc1ccc(S(=O)(=O)c2cccc(C(F)(F)F)c2)nc1. The third-order valence-corrected chi connectivity index (χ3v) is 4.17. The molecular weight excluding hydrogens is 293 g/mol. The second-order valence-electron chi connectivity index (χ2n) is 3.96. The molecule has 0 aliphatic carbocycles. The molecule has 0 aliphatic heterocycles. The van der Waals surface area contributed by atoms with E-state index in [0.717, 1.165) is 30.5 Å². The number of nitrogens with zero attached hydrogens (tertiary/aromatic N) is 1. The maximum atomic E-state index is 12.6. The van der Waals surface area contributed by atoms with Crippen molar-refractivity contribution in [3.8, 4) is 0 Å². The average molecular weight is 302 g/mol. The van der Waals surface area contributed by atoms with Crippen LogP contribution in [0.15, 0.2) is 52.5 Å². The number of halogens is 3. The zero-order chi connectivity index (χ0) is 15.0. The van der Waals surface area contributed by atoms with Gasteiger partial charge in [-0.05, 0) is 30.3 Å². The van der Waals surface area contributed by atoms with E-state index in [1.807, 2.05) is 0 Å². The summed E-state index contributed by atoms with van der Waals surface area (Å²) in [5, 5.41) is -0.356. The van der Waals surface area contributed by atoms with E-state index in [0.29, 0.717) is 6.07 Å². The molecular formula is C12H9F3N2O2S. The number of aromatic nitrogens is 1. The molecule has 0 radical (unpaired) electrons. The lowest BCUT2D eigenvalue weighted by atomic mass is 10.2. The number of hydrogen-bond donors (Lipinski definition) is 1. The molecule has 0 unspecified atom stereocenters. The standard InChI is InChI=1S/C12H9F3N2O2S/c13-12(14,15)8-2-1-3-10(6-8)20(18,19)11-5-4-9(16)7-17-11/h1-7H,16H2. The molecule has 0 fully saturated rings. The third kappa shape index (κ3) is 2.74. The van der Waals surface area contributed by atoms with Crippen LogP contribution in [0.25, 0.3) is 0 Å². The van der Waals surface area contributed by atoms with Crippen LogP contribution in [0.3, 0.4) is 0 Å². The van der Waals surface area contributed by atoms with E-state index >= 15 is 0 Å². The van der Waals surface area contributed by atoms with Crippen molar-refractivity contribution < 1.29 is 21.6 Å². The van der Waals surface area contributed by atoms with Gasteiger partial charge in [-0.2, -0.15) is 13.2 Å². The van der Waals surface area contributed by atoms with Crippen molar-refractivity contribution in [1.29, 1.82) is 0 Å². The summed E-state index contributed by atoms with van der Waals surface area (Å²) in [6, 6.07) is 5.96. The summed E-state index contributed by atoms with van der Waals surface area (Å²) in [5.41, 5.74) is 4.61. The lowest BCUT2D eigenvalue weighted by Gasteiger charge is -2.09. The van der Waals surface area contributed by atoms with Crippen molar-refractivity contribution in [2.75, 3.05) is 5.73 Å². The molecule has 2 aromatic rings. The number of pyridine rings is 1. The molecule has 0 atom stereocenters. The second-order valence-corrected chi connectivity index (χ2v) is 5.86. The van der Waals surface area contributed by atoms with Gasteiger partial charge in [0.2, 0.25) is 9.84 Å². The monoisotopic (exact) mass is 302 g/mol. The van der Waals surface area contributed by atoms with Crippen LogP contribution in [-0.4, -0.2) is 13.4 Å². The third-order valence-electron chi connectivity index (χ3n) is 2.51. The first-order valence-electron chi connectivity index (χ1n) is 5.35. The Kier molecular flexibility index (Phi) is 3.43. The van der Waals surface area contributed by atoms with Crippen LogP contribution in [0.1, 0.15) is 5.56 Å². The lowest BCUT2D eigenvalue weighted by Crippen LogP contribution is -2.09. The number of hydrogen-bond acceptors (Lipinski definition) is 4. The Morgan fingerprint density at radius 1 is 1.10 bits per heavy atom. The highest BCUT2D eigenvalue weighted by atomic mass is 32.2. The van der Waals surface area contributed by atoms with Gasteiger partial charge in [-0.15, -0.1) is 0 Å².